The molecule has 2 atom stereocenters. The van der Waals surface area contributed by atoms with Crippen LogP contribution < -0.4 is 5.73 Å². The summed E-state index contributed by atoms with van der Waals surface area (Å²) < 4.78 is 5.71. The third-order valence-electron chi connectivity index (χ3n) is 4.63. The van der Waals surface area contributed by atoms with Crippen molar-refractivity contribution in [1.29, 1.82) is 0 Å². The van der Waals surface area contributed by atoms with Crippen LogP contribution in [0.4, 0.5) is 0 Å². The van der Waals surface area contributed by atoms with Crippen molar-refractivity contribution in [2.24, 2.45) is 5.73 Å². The van der Waals surface area contributed by atoms with Crippen molar-refractivity contribution in [2.45, 2.75) is 45.3 Å². The van der Waals surface area contributed by atoms with Crippen LogP contribution >= 0.6 is 0 Å². The maximum atomic E-state index is 6.09. The number of benzene rings is 1. The fourth-order valence-corrected chi connectivity index (χ4v) is 3.35. The highest BCUT2D eigenvalue weighted by Gasteiger charge is 2.34. The number of hydrogen-bond acceptors (Lipinski definition) is 3. The summed E-state index contributed by atoms with van der Waals surface area (Å²) in [7, 11) is 1.82. The summed E-state index contributed by atoms with van der Waals surface area (Å²) in [6.07, 6.45) is 2.30. The van der Waals surface area contributed by atoms with E-state index >= 15 is 0 Å². The van der Waals surface area contributed by atoms with Crippen LogP contribution in [0, 0.1) is 13.8 Å². The van der Waals surface area contributed by atoms with Crippen molar-refractivity contribution in [2.75, 3.05) is 26.7 Å². The van der Waals surface area contributed by atoms with Crippen molar-refractivity contribution in [3.8, 4) is 0 Å². The van der Waals surface area contributed by atoms with Gasteiger partial charge in [-0.25, -0.2) is 0 Å². The van der Waals surface area contributed by atoms with E-state index in [-0.39, 0.29) is 5.60 Å². The Labute approximate surface area is 123 Å². The molecule has 1 aromatic rings. The van der Waals surface area contributed by atoms with E-state index in [2.05, 4.69) is 43.9 Å². The lowest BCUT2D eigenvalue weighted by Gasteiger charge is -2.43. The first-order chi connectivity index (χ1) is 9.49. The second-order valence-corrected chi connectivity index (χ2v) is 6.34. The Bertz CT molecular complexity index is 460. The molecule has 1 fully saturated rings. The highest BCUT2D eigenvalue weighted by atomic mass is 16.5. The van der Waals surface area contributed by atoms with Crippen LogP contribution in [0.25, 0.3) is 0 Å². The zero-order valence-electron chi connectivity index (χ0n) is 13.3. The van der Waals surface area contributed by atoms with Crippen molar-refractivity contribution < 1.29 is 4.74 Å². The lowest BCUT2D eigenvalue weighted by Crippen LogP contribution is -2.50. The van der Waals surface area contributed by atoms with Crippen molar-refractivity contribution in [3.63, 3.8) is 0 Å². The average Bonchev–Trinajstić information content (AvgIpc) is 2.42. The molecule has 112 valence electrons. The van der Waals surface area contributed by atoms with Gasteiger partial charge in [-0.1, -0.05) is 23.8 Å². The monoisotopic (exact) mass is 276 g/mol. The Morgan fingerprint density at radius 3 is 2.75 bits per heavy atom. The molecule has 20 heavy (non-hydrogen) atoms. The average molecular weight is 276 g/mol. The van der Waals surface area contributed by atoms with Gasteiger partial charge in [0, 0.05) is 26.2 Å². The molecule has 0 aliphatic carbocycles. The normalized spacial score (nSPS) is 25.6. The maximum Gasteiger partial charge on any atom is 0.0777 e. The van der Waals surface area contributed by atoms with E-state index in [0.717, 1.165) is 19.5 Å². The van der Waals surface area contributed by atoms with E-state index in [4.69, 9.17) is 10.5 Å². The van der Waals surface area contributed by atoms with Gasteiger partial charge in [-0.3, -0.25) is 4.90 Å². The summed E-state index contributed by atoms with van der Waals surface area (Å²) >= 11 is 0. The van der Waals surface area contributed by atoms with Gasteiger partial charge in [0.2, 0.25) is 0 Å². The van der Waals surface area contributed by atoms with Crippen LogP contribution in [0.5, 0.6) is 0 Å². The maximum absolute atomic E-state index is 6.09. The summed E-state index contributed by atoms with van der Waals surface area (Å²) in [4.78, 5) is 2.49. The number of methoxy groups -OCH3 is 1. The fourth-order valence-electron chi connectivity index (χ4n) is 3.35. The highest BCUT2D eigenvalue weighted by molar-refractivity contribution is 5.33. The van der Waals surface area contributed by atoms with Crippen LogP contribution in [0.1, 0.15) is 42.5 Å². The Kier molecular flexibility index (Phi) is 4.84. The highest BCUT2D eigenvalue weighted by Crippen LogP contribution is 2.31. The van der Waals surface area contributed by atoms with E-state index in [0.29, 0.717) is 12.6 Å². The van der Waals surface area contributed by atoms with E-state index in [1.54, 1.807) is 0 Å². The first kappa shape index (κ1) is 15.5. The second kappa shape index (κ2) is 6.25. The molecule has 3 nitrogen and oxygen atoms in total. The van der Waals surface area contributed by atoms with Crippen LogP contribution in [-0.2, 0) is 4.74 Å². The molecule has 0 saturated carbocycles. The van der Waals surface area contributed by atoms with Crippen LogP contribution in [0.15, 0.2) is 18.2 Å². The molecular weight excluding hydrogens is 248 g/mol. The number of piperidine rings is 1. The SMILES string of the molecule is COC1(C)CCCN(C(CN)c2ccc(C)cc2C)C1. The Morgan fingerprint density at radius 1 is 1.40 bits per heavy atom. The number of nitrogens with zero attached hydrogens (tertiary/aromatic N) is 1. The number of likely N-dealkylation sites (tertiary alicyclic amines) is 1. The summed E-state index contributed by atoms with van der Waals surface area (Å²) in [5, 5.41) is 0. The third kappa shape index (κ3) is 3.22. The summed E-state index contributed by atoms with van der Waals surface area (Å²) in [5.74, 6) is 0. The van der Waals surface area contributed by atoms with Crippen molar-refractivity contribution in [3.05, 3.63) is 34.9 Å². The quantitative estimate of drug-likeness (QED) is 0.919. The number of hydrogen-bond donors (Lipinski definition) is 1. The van der Waals surface area contributed by atoms with Crippen LogP contribution in [-0.4, -0.2) is 37.2 Å². The largest absolute Gasteiger partial charge is 0.377 e. The predicted molar refractivity (Wildman–Crippen MR) is 83.9 cm³/mol. The minimum absolute atomic E-state index is 0.0374. The van der Waals surface area contributed by atoms with Crippen molar-refractivity contribution >= 4 is 0 Å². The van der Waals surface area contributed by atoms with Crippen LogP contribution in [0.2, 0.25) is 0 Å². The Hall–Kier alpha value is -0.900. The summed E-state index contributed by atoms with van der Waals surface area (Å²) in [5.41, 5.74) is 10.1. The molecule has 2 unspecified atom stereocenters. The zero-order chi connectivity index (χ0) is 14.8. The van der Waals surface area contributed by atoms with Gasteiger partial charge >= 0.3 is 0 Å². The topological polar surface area (TPSA) is 38.5 Å². The molecule has 0 radical (unpaired) electrons. The standard InChI is InChI=1S/C17H28N2O/c1-13-6-7-15(14(2)10-13)16(11-18)19-9-5-8-17(3,12-19)20-4/h6-7,10,16H,5,8-9,11-12,18H2,1-4H3. The molecule has 2 rings (SSSR count). The van der Waals surface area contributed by atoms with Gasteiger partial charge in [-0.2, -0.15) is 0 Å². The molecule has 1 heterocycles. The van der Waals surface area contributed by atoms with Gasteiger partial charge in [0.25, 0.3) is 0 Å². The number of rotatable bonds is 4. The van der Waals surface area contributed by atoms with Gasteiger partial charge in [0.05, 0.1) is 5.60 Å². The van der Waals surface area contributed by atoms with E-state index in [1.165, 1.54) is 23.1 Å². The number of aryl methyl sites for hydroxylation is 2. The smallest absolute Gasteiger partial charge is 0.0777 e. The van der Waals surface area contributed by atoms with Gasteiger partial charge in [-0.15, -0.1) is 0 Å². The summed E-state index contributed by atoms with van der Waals surface area (Å²) in [6, 6.07) is 6.97. The van der Waals surface area contributed by atoms with Gasteiger partial charge < -0.3 is 10.5 Å². The minimum atomic E-state index is -0.0374. The fraction of sp³-hybridized carbons (Fsp3) is 0.647. The summed E-state index contributed by atoms with van der Waals surface area (Å²) in [6.45, 7) is 9.24. The van der Waals surface area contributed by atoms with Gasteiger partial charge in [-0.05, 0) is 51.3 Å². The first-order valence-electron chi connectivity index (χ1n) is 7.55. The molecule has 1 aromatic carbocycles. The minimum Gasteiger partial charge on any atom is -0.377 e. The number of nitrogens with two attached hydrogens (primary N) is 1. The Balaban J connectivity index is 2.23. The zero-order valence-corrected chi connectivity index (χ0v) is 13.3. The van der Waals surface area contributed by atoms with E-state index in [9.17, 15) is 0 Å². The molecule has 0 spiro atoms. The van der Waals surface area contributed by atoms with Gasteiger partial charge in [0.15, 0.2) is 0 Å². The number of ether oxygens (including phenoxy) is 1. The molecule has 1 aliphatic rings. The van der Waals surface area contributed by atoms with E-state index < -0.39 is 0 Å². The lowest BCUT2D eigenvalue weighted by atomic mass is 9.91. The molecule has 0 amide bonds. The predicted octanol–water partition coefficient (Wildman–Crippen LogP) is 2.80. The third-order valence-corrected chi connectivity index (χ3v) is 4.63. The molecular formula is C17H28N2O. The van der Waals surface area contributed by atoms with E-state index in [1.807, 2.05) is 7.11 Å². The first-order valence-corrected chi connectivity index (χ1v) is 7.55. The molecule has 0 aromatic heterocycles. The molecule has 0 bridgehead atoms. The van der Waals surface area contributed by atoms with Crippen molar-refractivity contribution in [1.82, 2.24) is 4.90 Å². The molecule has 2 N–H and O–H groups in total. The molecule has 1 aliphatic heterocycles. The second-order valence-electron chi connectivity index (χ2n) is 6.34. The van der Waals surface area contributed by atoms with Gasteiger partial charge in [0.1, 0.15) is 0 Å². The molecule has 1 saturated heterocycles. The lowest BCUT2D eigenvalue weighted by molar-refractivity contribution is -0.0608. The molecule has 3 heteroatoms. The Morgan fingerprint density at radius 2 is 2.15 bits per heavy atom. The van der Waals surface area contributed by atoms with Crippen LogP contribution in [0.3, 0.4) is 0 Å².